The first-order chi connectivity index (χ1) is 41.5. The van der Waals surface area contributed by atoms with Crippen LogP contribution in [0.3, 0.4) is 0 Å². The standard InChI is InChI=1S/C26H32N4O3.C22H20N2O3.C18H19N3O4/c1-5-32-22-11-10-17(12-23(22)33-6-2)21-15-28-25(30-21)19-8-7-9-20-24(19)18(13-27-20)14-29-26(3,4)16-31;1-3-25-19-12-11-18(14-20(19)26-4-2)22-23-21(24-27-22)17-10-9-15-7-5-6-8-16(15)13-17;1-3-23-15-8-6-12(9-16(15)24-4-2)18-20-17(21-25-18)13-5-7-14(11-22)19-10-13/h7-13,27,29,31H,5-6,14-16H2,1-4H3;5-14H,3-4H2,1-2H3;5-10,22H,3-4,11H2,1-2H3. The minimum Gasteiger partial charge on any atom is -0.490 e. The fourth-order valence-electron chi connectivity index (χ4n) is 9.11. The van der Waals surface area contributed by atoms with Gasteiger partial charge in [-0.15, -0.1) is 0 Å². The summed E-state index contributed by atoms with van der Waals surface area (Å²) in [7, 11) is 0. The summed E-state index contributed by atoms with van der Waals surface area (Å²) in [6.45, 7) is 20.1. The van der Waals surface area contributed by atoms with Gasteiger partial charge in [-0.25, -0.2) is 4.99 Å². The Labute approximate surface area is 493 Å². The maximum Gasteiger partial charge on any atom is 0.258 e. The van der Waals surface area contributed by atoms with E-state index < -0.39 is 0 Å². The van der Waals surface area contributed by atoms with Crippen LogP contribution in [0.1, 0.15) is 77.8 Å². The highest BCUT2D eigenvalue weighted by atomic mass is 16.5. The Kier molecular flexibility index (Phi) is 20.3. The summed E-state index contributed by atoms with van der Waals surface area (Å²) in [5, 5.41) is 33.6. The molecule has 6 aromatic carbocycles. The molecule has 0 bridgehead atoms. The van der Waals surface area contributed by atoms with Crippen LogP contribution in [0.25, 0.3) is 67.4 Å². The van der Waals surface area contributed by atoms with Crippen LogP contribution in [0.15, 0.2) is 159 Å². The van der Waals surface area contributed by atoms with Crippen LogP contribution in [-0.2, 0) is 13.2 Å². The van der Waals surface area contributed by atoms with Gasteiger partial charge in [0.2, 0.25) is 11.6 Å². The quantitative estimate of drug-likeness (QED) is 0.0466. The largest absolute Gasteiger partial charge is 0.490 e. The Morgan fingerprint density at radius 1 is 0.553 bits per heavy atom. The maximum atomic E-state index is 9.58. The van der Waals surface area contributed by atoms with Crippen molar-refractivity contribution in [2.24, 2.45) is 9.98 Å². The second-order valence-corrected chi connectivity index (χ2v) is 19.8. The van der Waals surface area contributed by atoms with Crippen LogP contribution in [-0.4, -0.2) is 110 Å². The second-order valence-electron chi connectivity index (χ2n) is 19.8. The number of aromatic nitrogens is 6. The number of benzene rings is 6. The topological polar surface area (TPSA) is 239 Å². The molecule has 5 heterocycles. The lowest BCUT2D eigenvalue weighted by Crippen LogP contribution is -2.42. The molecule has 1 aliphatic rings. The Balaban J connectivity index is 0.000000154. The molecule has 1 aliphatic heterocycles. The molecule has 0 amide bonds. The lowest BCUT2D eigenvalue weighted by Gasteiger charge is -2.23. The number of aliphatic imine (C=N–C) groups is 2. The summed E-state index contributed by atoms with van der Waals surface area (Å²) in [4.78, 5) is 26.1. The van der Waals surface area contributed by atoms with Crippen LogP contribution < -0.4 is 33.7 Å². The van der Waals surface area contributed by atoms with Crippen molar-refractivity contribution in [2.45, 2.75) is 74.1 Å². The Morgan fingerprint density at radius 2 is 1.08 bits per heavy atom. The zero-order chi connectivity index (χ0) is 59.7. The van der Waals surface area contributed by atoms with Crippen LogP contribution in [0.2, 0.25) is 0 Å². The number of hydrogen-bond donors (Lipinski definition) is 4. The number of H-pyrrole nitrogens is 1. The number of aliphatic hydroxyl groups is 2. The molecule has 10 aromatic rings. The first kappa shape index (κ1) is 60.2. The molecule has 0 saturated heterocycles. The number of ether oxygens (including phenoxy) is 6. The molecule has 0 saturated carbocycles. The van der Waals surface area contributed by atoms with E-state index in [4.69, 9.17) is 52.6 Å². The number of amidine groups is 1. The predicted molar refractivity (Wildman–Crippen MR) is 329 cm³/mol. The van der Waals surface area contributed by atoms with Crippen LogP contribution >= 0.6 is 0 Å². The van der Waals surface area contributed by atoms with E-state index in [0.29, 0.717) is 110 Å². The number of pyridine rings is 1. The monoisotopic (exact) mass is 1150 g/mol. The van der Waals surface area contributed by atoms with Crippen molar-refractivity contribution in [3.8, 4) is 80.2 Å². The summed E-state index contributed by atoms with van der Waals surface area (Å²) in [5.41, 5.74) is 8.43. The summed E-state index contributed by atoms with van der Waals surface area (Å²) in [6.07, 6.45) is 3.61. The van der Waals surface area contributed by atoms with Crippen LogP contribution in [0, 0.1) is 0 Å². The first-order valence-electron chi connectivity index (χ1n) is 28.5. The van der Waals surface area contributed by atoms with Crippen molar-refractivity contribution in [1.29, 1.82) is 0 Å². The van der Waals surface area contributed by atoms with Gasteiger partial charge in [-0.3, -0.25) is 9.98 Å². The Morgan fingerprint density at radius 3 is 1.64 bits per heavy atom. The van der Waals surface area contributed by atoms with Gasteiger partial charge in [0, 0.05) is 68.8 Å². The van der Waals surface area contributed by atoms with E-state index in [-0.39, 0.29) is 18.8 Å². The summed E-state index contributed by atoms with van der Waals surface area (Å²) in [6, 6.07) is 41.0. The van der Waals surface area contributed by atoms with Crippen molar-refractivity contribution in [1.82, 2.24) is 35.6 Å². The maximum absolute atomic E-state index is 9.58. The number of aromatic amines is 1. The third kappa shape index (κ3) is 14.9. The molecule has 0 aliphatic carbocycles. The lowest BCUT2D eigenvalue weighted by molar-refractivity contribution is 0.187. The zero-order valence-electron chi connectivity index (χ0n) is 49.1. The number of fused-ring (bicyclic) bond motifs is 2. The van der Waals surface area contributed by atoms with Gasteiger partial charge in [0.05, 0.1) is 70.8 Å². The van der Waals surface area contributed by atoms with E-state index >= 15 is 0 Å². The highest BCUT2D eigenvalue weighted by molar-refractivity contribution is 6.21. The van der Waals surface area contributed by atoms with E-state index in [9.17, 15) is 5.11 Å². The van der Waals surface area contributed by atoms with Crippen LogP contribution in [0.4, 0.5) is 0 Å². The molecule has 0 spiro atoms. The summed E-state index contributed by atoms with van der Waals surface area (Å²) in [5.74, 6) is 6.69. The second kappa shape index (κ2) is 28.7. The Hall–Kier alpha value is -9.43. The molecule has 0 radical (unpaired) electrons. The van der Waals surface area contributed by atoms with E-state index in [1.54, 1.807) is 18.3 Å². The molecule has 0 unspecified atom stereocenters. The summed E-state index contributed by atoms with van der Waals surface area (Å²) >= 11 is 0. The third-order valence-electron chi connectivity index (χ3n) is 13.4. The molecule has 0 fully saturated rings. The summed E-state index contributed by atoms with van der Waals surface area (Å²) < 4.78 is 44.8. The van der Waals surface area contributed by atoms with E-state index in [2.05, 4.69) is 72.0 Å². The van der Waals surface area contributed by atoms with E-state index in [0.717, 1.165) is 72.7 Å². The Bertz CT molecular complexity index is 3890. The normalized spacial score (nSPS) is 12.0. The number of hydrogen-bond acceptors (Lipinski definition) is 18. The zero-order valence-corrected chi connectivity index (χ0v) is 49.1. The van der Waals surface area contributed by atoms with Crippen molar-refractivity contribution >= 4 is 33.2 Å². The van der Waals surface area contributed by atoms with Gasteiger partial charge in [-0.2, -0.15) is 9.97 Å². The molecule has 19 nitrogen and oxygen atoms in total. The third-order valence-corrected chi connectivity index (χ3v) is 13.4. The van der Waals surface area contributed by atoms with Crippen molar-refractivity contribution < 1.29 is 47.7 Å². The smallest absolute Gasteiger partial charge is 0.258 e. The molecule has 19 heteroatoms. The molecular weight excluding hydrogens is 1080 g/mol. The fraction of sp³-hybridized carbons (Fsp3) is 0.288. The highest BCUT2D eigenvalue weighted by Gasteiger charge is 2.22. The van der Waals surface area contributed by atoms with Gasteiger partial charge in [-0.1, -0.05) is 58.8 Å². The molecule has 440 valence electrons. The van der Waals surface area contributed by atoms with Crippen molar-refractivity contribution in [3.05, 3.63) is 162 Å². The van der Waals surface area contributed by atoms with Gasteiger partial charge < -0.3 is 58.0 Å². The number of nitrogens with one attached hydrogen (secondary N) is 2. The van der Waals surface area contributed by atoms with Gasteiger partial charge in [-0.05, 0) is 151 Å². The van der Waals surface area contributed by atoms with Gasteiger partial charge in [0.25, 0.3) is 11.8 Å². The predicted octanol–water partition coefficient (Wildman–Crippen LogP) is 12.5. The van der Waals surface area contributed by atoms with Gasteiger partial charge in [0.1, 0.15) is 0 Å². The number of nitrogens with zero attached hydrogens (tertiary/aromatic N) is 7. The SMILES string of the molecule is CCOc1ccc(-c2nc(-c3ccc(CO)nc3)no2)cc1OCC.CCOc1ccc(-c2nc(-c3ccc4ccccc4c3)no2)cc1OCC.CCOc1ccc(C2=NC(c3cccc4[nH]cc(CNC(C)(C)CO)c34)=NC2)cc1OCC. The average Bonchev–Trinajstić information content (AvgIpc) is 4.04. The molecule has 85 heavy (non-hydrogen) atoms. The lowest BCUT2D eigenvalue weighted by atomic mass is 10.0. The fourth-order valence-corrected chi connectivity index (χ4v) is 9.11. The van der Waals surface area contributed by atoms with E-state index in [1.165, 1.54) is 5.39 Å². The highest BCUT2D eigenvalue weighted by Crippen LogP contribution is 2.36. The van der Waals surface area contributed by atoms with Crippen molar-refractivity contribution in [3.63, 3.8) is 0 Å². The minimum atomic E-state index is -0.360. The van der Waals surface area contributed by atoms with Gasteiger partial charge >= 0.3 is 0 Å². The average molecular weight is 1150 g/mol. The number of aliphatic hydroxyl groups excluding tert-OH is 2. The molecule has 0 atom stereocenters. The van der Waals surface area contributed by atoms with Crippen molar-refractivity contribution in [2.75, 3.05) is 52.8 Å². The number of rotatable bonds is 23. The van der Waals surface area contributed by atoms with Crippen LogP contribution in [0.5, 0.6) is 34.5 Å². The van der Waals surface area contributed by atoms with Gasteiger partial charge in [0.15, 0.2) is 40.3 Å². The molecule has 11 rings (SSSR count). The molecular formula is C66H71N9O10. The minimum absolute atomic E-state index is 0.0639. The molecule has 4 N–H and O–H groups in total. The first-order valence-corrected chi connectivity index (χ1v) is 28.5. The van der Waals surface area contributed by atoms with E-state index in [1.807, 2.05) is 140 Å². The molecule has 4 aromatic heterocycles.